The fraction of sp³-hybridized carbons (Fsp3) is 0.273. The van der Waals surface area contributed by atoms with Crippen molar-refractivity contribution in [3.05, 3.63) is 39.5 Å². The molecular formula is C11H13IO4S. The van der Waals surface area contributed by atoms with Gasteiger partial charge in [0.2, 0.25) is 0 Å². The zero-order chi connectivity index (χ0) is 12.3. The van der Waals surface area contributed by atoms with Crippen molar-refractivity contribution in [1.29, 1.82) is 0 Å². The van der Waals surface area contributed by atoms with E-state index in [4.69, 9.17) is 9.29 Å². The van der Waals surface area contributed by atoms with Gasteiger partial charge in [-0.05, 0) is 0 Å². The first-order valence-electron chi connectivity index (χ1n) is 4.94. The summed E-state index contributed by atoms with van der Waals surface area (Å²) in [5.74, 6) is -0.601. The van der Waals surface area contributed by atoms with E-state index in [2.05, 4.69) is 22.3 Å². The Morgan fingerprint density at radius 1 is 1.35 bits per heavy atom. The zero-order valence-corrected chi connectivity index (χ0v) is 12.0. The Hall–Kier alpha value is -0.440. The second kappa shape index (κ2) is 5.47. The third kappa shape index (κ3) is 4.06. The minimum atomic E-state index is -4.01. The van der Waals surface area contributed by atoms with E-state index in [1.807, 2.05) is 12.1 Å². The van der Waals surface area contributed by atoms with E-state index < -0.39 is 35.9 Å². The number of halogens is 1. The van der Waals surface area contributed by atoms with E-state index in [1.165, 1.54) is 11.1 Å². The Kier molecular flexibility index (Phi) is 4.18. The van der Waals surface area contributed by atoms with Crippen LogP contribution in [0.1, 0.15) is 11.1 Å². The molecule has 0 saturated heterocycles. The molecule has 1 aromatic rings. The molecule has 1 aliphatic rings. The summed E-state index contributed by atoms with van der Waals surface area (Å²) in [5, 5.41) is 0. The molecule has 0 spiro atoms. The predicted molar refractivity (Wildman–Crippen MR) is 75.6 cm³/mol. The fourth-order valence-electron chi connectivity index (χ4n) is 1.52. The second-order valence-corrected chi connectivity index (χ2v) is 9.98. The summed E-state index contributed by atoms with van der Waals surface area (Å²) >= 11 is -1.41. The van der Waals surface area contributed by atoms with Crippen LogP contribution in [0.3, 0.4) is 0 Å². The monoisotopic (exact) mass is 368 g/mol. The maximum absolute atomic E-state index is 10.5. The Bertz CT molecular complexity index is 524. The van der Waals surface area contributed by atoms with Crippen molar-refractivity contribution in [3.8, 4) is 0 Å². The molecule has 1 N–H and O–H groups in total. The van der Waals surface area contributed by atoms with Crippen LogP contribution in [0.25, 0.3) is 6.08 Å². The van der Waals surface area contributed by atoms with Crippen LogP contribution < -0.4 is 0 Å². The topological polar surface area (TPSA) is 63.6 Å². The van der Waals surface area contributed by atoms with Crippen LogP contribution in [0.2, 0.25) is 0 Å². The van der Waals surface area contributed by atoms with Gasteiger partial charge >= 0.3 is 108 Å². The number of rotatable bonds is 4. The summed E-state index contributed by atoms with van der Waals surface area (Å²) in [6.45, 7) is 0. The van der Waals surface area contributed by atoms with Gasteiger partial charge in [0, 0.05) is 0 Å². The van der Waals surface area contributed by atoms with E-state index in [0.717, 1.165) is 4.43 Å². The molecule has 0 amide bonds. The molecule has 0 atom stereocenters. The van der Waals surface area contributed by atoms with E-state index in [9.17, 15) is 8.42 Å². The SMILES string of the molecule is O=S(=O)(O)COCI1C=Cc2ccccc2C1. The summed E-state index contributed by atoms with van der Waals surface area (Å²) in [4.78, 5) is 0. The number of alkyl halides is 2. The average molecular weight is 368 g/mol. The van der Waals surface area contributed by atoms with Gasteiger partial charge in [0.25, 0.3) is 0 Å². The van der Waals surface area contributed by atoms with Gasteiger partial charge in [0.05, 0.1) is 0 Å². The molecule has 0 fully saturated rings. The Morgan fingerprint density at radius 3 is 2.88 bits per heavy atom. The molecular weight excluding hydrogens is 355 g/mol. The Labute approximate surface area is 108 Å². The van der Waals surface area contributed by atoms with E-state index in [0.29, 0.717) is 4.61 Å². The third-order valence-electron chi connectivity index (χ3n) is 2.24. The number of fused-ring (bicyclic) bond motifs is 1. The number of ether oxygens (including phenoxy) is 1. The first-order valence-corrected chi connectivity index (χ1v) is 10.8. The molecule has 4 nitrogen and oxygen atoms in total. The first kappa shape index (κ1) is 13.0. The molecule has 0 radical (unpaired) electrons. The molecule has 0 unspecified atom stereocenters. The average Bonchev–Trinajstić information content (AvgIpc) is 2.27. The van der Waals surface area contributed by atoms with Gasteiger partial charge < -0.3 is 0 Å². The molecule has 1 aliphatic heterocycles. The molecule has 17 heavy (non-hydrogen) atoms. The van der Waals surface area contributed by atoms with Crippen molar-refractivity contribution < 1.29 is 17.7 Å². The molecule has 94 valence electrons. The number of hydrogen-bond donors (Lipinski definition) is 1. The summed E-state index contributed by atoms with van der Waals surface area (Å²) < 4.78 is 38.2. The van der Waals surface area contributed by atoms with Crippen LogP contribution in [0.15, 0.2) is 28.3 Å². The van der Waals surface area contributed by atoms with Crippen LogP contribution in [-0.2, 0) is 19.3 Å². The Morgan fingerprint density at radius 2 is 2.12 bits per heavy atom. The van der Waals surface area contributed by atoms with Crippen LogP contribution in [0.5, 0.6) is 0 Å². The van der Waals surface area contributed by atoms with Crippen LogP contribution in [0.4, 0.5) is 0 Å². The fourth-order valence-corrected chi connectivity index (χ4v) is 6.22. The molecule has 0 bridgehead atoms. The first-order chi connectivity index (χ1) is 8.04. The van der Waals surface area contributed by atoms with E-state index >= 15 is 0 Å². The van der Waals surface area contributed by atoms with E-state index in [1.54, 1.807) is 0 Å². The van der Waals surface area contributed by atoms with Gasteiger partial charge in [0.1, 0.15) is 0 Å². The van der Waals surface area contributed by atoms with Gasteiger partial charge in [-0.1, -0.05) is 0 Å². The summed E-state index contributed by atoms with van der Waals surface area (Å²) in [6.07, 6.45) is 2.08. The van der Waals surface area contributed by atoms with Crippen LogP contribution >= 0.6 is 19.8 Å². The molecule has 2 rings (SSSR count). The second-order valence-electron chi connectivity index (χ2n) is 3.64. The van der Waals surface area contributed by atoms with Crippen LogP contribution in [0, 0.1) is 0 Å². The molecule has 0 aliphatic carbocycles. The number of benzene rings is 1. The van der Waals surface area contributed by atoms with Crippen molar-refractivity contribution in [3.63, 3.8) is 0 Å². The van der Waals surface area contributed by atoms with Crippen molar-refractivity contribution in [2.24, 2.45) is 0 Å². The van der Waals surface area contributed by atoms with Crippen molar-refractivity contribution in [2.45, 2.75) is 4.43 Å². The predicted octanol–water partition coefficient (Wildman–Crippen LogP) is 2.50. The van der Waals surface area contributed by atoms with Crippen molar-refractivity contribution >= 4 is 36.0 Å². The van der Waals surface area contributed by atoms with Crippen molar-refractivity contribution in [1.82, 2.24) is 0 Å². The maximum atomic E-state index is 10.5. The summed E-state index contributed by atoms with van der Waals surface area (Å²) in [5.41, 5.74) is 2.53. The van der Waals surface area contributed by atoms with Crippen LogP contribution in [-0.4, -0.2) is 23.5 Å². The van der Waals surface area contributed by atoms with Gasteiger partial charge in [-0.3, -0.25) is 0 Å². The summed E-state index contributed by atoms with van der Waals surface area (Å²) in [6, 6.07) is 8.16. The van der Waals surface area contributed by atoms with Gasteiger partial charge in [-0.2, -0.15) is 0 Å². The molecule has 1 aromatic carbocycles. The third-order valence-corrected chi connectivity index (χ3v) is 7.12. The summed E-state index contributed by atoms with van der Waals surface area (Å²) in [7, 11) is -4.01. The number of hydrogen-bond acceptors (Lipinski definition) is 3. The molecule has 6 heteroatoms. The van der Waals surface area contributed by atoms with E-state index in [-0.39, 0.29) is 0 Å². The van der Waals surface area contributed by atoms with Gasteiger partial charge in [-0.15, -0.1) is 0 Å². The van der Waals surface area contributed by atoms with Gasteiger partial charge in [0.15, 0.2) is 0 Å². The Balaban J connectivity index is 1.91. The molecule has 1 heterocycles. The molecule has 0 aromatic heterocycles. The standard InChI is InChI=1S/C11H13IO4S/c13-17(14,15)9-16-8-12-6-5-10-3-1-2-4-11(10)7-12/h1-6H,7-9H2,(H,13,14,15). The van der Waals surface area contributed by atoms with Gasteiger partial charge in [-0.25, -0.2) is 0 Å². The van der Waals surface area contributed by atoms with Crippen molar-refractivity contribution in [2.75, 3.05) is 10.6 Å². The minimum absolute atomic E-state index is 0.453. The molecule has 0 saturated carbocycles. The quantitative estimate of drug-likeness (QED) is 0.504. The zero-order valence-electron chi connectivity index (χ0n) is 9.04. The normalized spacial score (nSPS) is 16.9.